The van der Waals surface area contributed by atoms with Gasteiger partial charge in [0, 0.05) is 10.6 Å². The summed E-state index contributed by atoms with van der Waals surface area (Å²) in [5.41, 5.74) is 1.48. The number of halogens is 1. The maximum Gasteiger partial charge on any atom is 0.333 e. The summed E-state index contributed by atoms with van der Waals surface area (Å²) in [6, 6.07) is 16.3. The summed E-state index contributed by atoms with van der Waals surface area (Å²) in [7, 11) is 0. The van der Waals surface area contributed by atoms with Gasteiger partial charge in [-0.3, -0.25) is 0 Å². The highest BCUT2D eigenvalue weighted by atomic mass is 35.5. The second-order valence-corrected chi connectivity index (χ2v) is 7.11. The van der Waals surface area contributed by atoms with E-state index in [1.807, 2.05) is 37.3 Å². The van der Waals surface area contributed by atoms with Crippen LogP contribution in [0, 0.1) is 0 Å². The SMILES string of the molecule is C=C(C)C(=O)OC(CC)COCc1c2ccccc2cc2ccc(Cl)cc12. The first kappa shape index (κ1) is 19.4. The average Bonchev–Trinajstić information content (AvgIpc) is 2.66. The fourth-order valence-electron chi connectivity index (χ4n) is 3.06. The minimum Gasteiger partial charge on any atom is -0.457 e. The number of fused-ring (bicyclic) bond motifs is 2. The van der Waals surface area contributed by atoms with Crippen LogP contribution in [0.4, 0.5) is 0 Å². The molecule has 0 fully saturated rings. The Hall–Kier alpha value is -2.36. The zero-order valence-corrected chi connectivity index (χ0v) is 16.4. The van der Waals surface area contributed by atoms with Gasteiger partial charge < -0.3 is 9.47 Å². The molecule has 0 aliphatic heterocycles. The predicted octanol–water partition coefficient (Wildman–Crippen LogP) is 6.06. The normalized spacial score (nSPS) is 12.3. The van der Waals surface area contributed by atoms with E-state index in [-0.39, 0.29) is 12.1 Å². The van der Waals surface area contributed by atoms with Crippen LogP contribution in [0.1, 0.15) is 25.8 Å². The monoisotopic (exact) mass is 382 g/mol. The highest BCUT2D eigenvalue weighted by Crippen LogP contribution is 2.31. The molecule has 0 saturated carbocycles. The number of hydrogen-bond acceptors (Lipinski definition) is 3. The minimum atomic E-state index is -0.382. The zero-order valence-electron chi connectivity index (χ0n) is 15.6. The van der Waals surface area contributed by atoms with E-state index in [1.54, 1.807) is 6.92 Å². The summed E-state index contributed by atoms with van der Waals surface area (Å²) in [6.07, 6.45) is 0.389. The van der Waals surface area contributed by atoms with Gasteiger partial charge in [0.15, 0.2) is 0 Å². The van der Waals surface area contributed by atoms with Crippen LogP contribution in [0.3, 0.4) is 0 Å². The van der Waals surface area contributed by atoms with E-state index < -0.39 is 0 Å². The lowest BCUT2D eigenvalue weighted by Gasteiger charge is -2.18. The molecular formula is C23H23ClO3. The lowest BCUT2D eigenvalue weighted by atomic mass is 9.97. The third-order valence-corrected chi connectivity index (χ3v) is 4.80. The lowest BCUT2D eigenvalue weighted by Crippen LogP contribution is -2.23. The van der Waals surface area contributed by atoms with E-state index in [9.17, 15) is 4.79 Å². The van der Waals surface area contributed by atoms with Gasteiger partial charge in [0.2, 0.25) is 0 Å². The molecule has 3 rings (SSSR count). The first-order valence-electron chi connectivity index (χ1n) is 9.03. The Kier molecular flexibility index (Phi) is 6.15. The summed E-state index contributed by atoms with van der Waals surface area (Å²) in [5.74, 6) is -0.382. The lowest BCUT2D eigenvalue weighted by molar-refractivity contribution is -0.147. The van der Waals surface area contributed by atoms with E-state index in [4.69, 9.17) is 21.1 Å². The first-order chi connectivity index (χ1) is 13.0. The van der Waals surface area contributed by atoms with Crippen LogP contribution in [0.5, 0.6) is 0 Å². The quantitative estimate of drug-likeness (QED) is 0.283. The van der Waals surface area contributed by atoms with Crippen molar-refractivity contribution in [3.8, 4) is 0 Å². The van der Waals surface area contributed by atoms with Crippen LogP contribution < -0.4 is 0 Å². The highest BCUT2D eigenvalue weighted by Gasteiger charge is 2.14. The highest BCUT2D eigenvalue weighted by molar-refractivity contribution is 6.31. The fourth-order valence-corrected chi connectivity index (χ4v) is 3.23. The number of carbonyl (C=O) groups is 1. The van der Waals surface area contributed by atoms with Crippen molar-refractivity contribution in [2.75, 3.05) is 6.61 Å². The minimum absolute atomic E-state index is 0.293. The van der Waals surface area contributed by atoms with Crippen molar-refractivity contribution < 1.29 is 14.3 Å². The fraction of sp³-hybridized carbons (Fsp3) is 0.261. The van der Waals surface area contributed by atoms with Gasteiger partial charge in [-0.15, -0.1) is 0 Å². The molecule has 3 aromatic rings. The van der Waals surface area contributed by atoms with Crippen LogP contribution in [-0.2, 0) is 20.9 Å². The van der Waals surface area contributed by atoms with Gasteiger partial charge in [0.25, 0.3) is 0 Å². The number of rotatable bonds is 7. The smallest absolute Gasteiger partial charge is 0.333 e. The number of hydrogen-bond donors (Lipinski definition) is 0. The van der Waals surface area contributed by atoms with Gasteiger partial charge >= 0.3 is 5.97 Å². The molecule has 140 valence electrons. The molecule has 0 amide bonds. The summed E-state index contributed by atoms with van der Waals surface area (Å²) >= 11 is 6.23. The van der Waals surface area contributed by atoms with Crippen molar-refractivity contribution in [1.29, 1.82) is 0 Å². The Bertz CT molecular complexity index is 993. The molecule has 27 heavy (non-hydrogen) atoms. The summed E-state index contributed by atoms with van der Waals surface area (Å²) in [6.45, 7) is 7.97. The van der Waals surface area contributed by atoms with E-state index >= 15 is 0 Å². The van der Waals surface area contributed by atoms with E-state index in [0.29, 0.717) is 30.2 Å². The molecule has 0 heterocycles. The van der Waals surface area contributed by atoms with Crippen molar-refractivity contribution in [3.05, 3.63) is 71.3 Å². The summed E-state index contributed by atoms with van der Waals surface area (Å²) in [5, 5.41) is 5.19. The van der Waals surface area contributed by atoms with Gasteiger partial charge in [-0.1, -0.05) is 55.4 Å². The molecule has 0 saturated heterocycles. The van der Waals surface area contributed by atoms with Crippen molar-refractivity contribution in [3.63, 3.8) is 0 Å². The molecule has 0 bridgehead atoms. The van der Waals surface area contributed by atoms with Crippen molar-refractivity contribution in [2.45, 2.75) is 33.0 Å². The molecular weight excluding hydrogens is 360 g/mol. The Morgan fingerprint density at radius 1 is 1.11 bits per heavy atom. The number of benzene rings is 3. The van der Waals surface area contributed by atoms with Crippen LogP contribution in [0.25, 0.3) is 21.5 Å². The van der Waals surface area contributed by atoms with Crippen LogP contribution in [0.15, 0.2) is 60.7 Å². The first-order valence-corrected chi connectivity index (χ1v) is 9.41. The Morgan fingerprint density at radius 2 is 1.85 bits per heavy atom. The van der Waals surface area contributed by atoms with E-state index in [2.05, 4.69) is 24.8 Å². The molecule has 1 unspecified atom stereocenters. The molecule has 0 aliphatic rings. The van der Waals surface area contributed by atoms with Gasteiger partial charge in [-0.2, -0.15) is 0 Å². The molecule has 4 heteroatoms. The van der Waals surface area contributed by atoms with Gasteiger partial charge in [0.05, 0.1) is 13.2 Å². The summed E-state index contributed by atoms with van der Waals surface area (Å²) < 4.78 is 11.4. The van der Waals surface area contributed by atoms with Gasteiger partial charge in [0.1, 0.15) is 6.10 Å². The average molecular weight is 383 g/mol. The van der Waals surface area contributed by atoms with E-state index in [1.165, 1.54) is 0 Å². The molecule has 0 aromatic heterocycles. The molecule has 0 aliphatic carbocycles. The third kappa shape index (κ3) is 4.49. The van der Waals surface area contributed by atoms with Crippen LogP contribution >= 0.6 is 11.6 Å². The van der Waals surface area contributed by atoms with Gasteiger partial charge in [-0.05, 0) is 58.7 Å². The molecule has 1 atom stereocenters. The number of ether oxygens (including phenoxy) is 2. The Morgan fingerprint density at radius 3 is 2.59 bits per heavy atom. The number of esters is 1. The Balaban J connectivity index is 1.85. The summed E-state index contributed by atoms with van der Waals surface area (Å²) in [4.78, 5) is 11.7. The molecule has 3 nitrogen and oxygen atoms in total. The second-order valence-electron chi connectivity index (χ2n) is 6.67. The van der Waals surface area contributed by atoms with Gasteiger partial charge in [-0.25, -0.2) is 4.79 Å². The predicted molar refractivity (Wildman–Crippen MR) is 111 cm³/mol. The maximum atomic E-state index is 11.7. The zero-order chi connectivity index (χ0) is 19.4. The van der Waals surface area contributed by atoms with Crippen molar-refractivity contribution >= 4 is 39.1 Å². The molecule has 0 radical (unpaired) electrons. The third-order valence-electron chi connectivity index (χ3n) is 4.57. The largest absolute Gasteiger partial charge is 0.457 e. The van der Waals surface area contributed by atoms with E-state index in [0.717, 1.165) is 27.1 Å². The Labute approximate surface area is 164 Å². The number of carbonyl (C=O) groups excluding carboxylic acids is 1. The topological polar surface area (TPSA) is 35.5 Å². The van der Waals surface area contributed by atoms with Crippen LogP contribution in [0.2, 0.25) is 5.02 Å². The van der Waals surface area contributed by atoms with Crippen molar-refractivity contribution in [2.24, 2.45) is 0 Å². The van der Waals surface area contributed by atoms with Crippen LogP contribution in [-0.4, -0.2) is 18.7 Å². The maximum absolute atomic E-state index is 11.7. The standard InChI is InChI=1S/C23H23ClO3/c1-4-19(27-23(25)15(2)3)13-26-14-22-20-8-6-5-7-16(20)11-17-9-10-18(24)12-21(17)22/h5-12,19H,2,4,13-14H2,1,3H3. The second kappa shape index (κ2) is 8.55. The molecule has 0 spiro atoms. The van der Waals surface area contributed by atoms with Crippen molar-refractivity contribution in [1.82, 2.24) is 0 Å². The molecule has 0 N–H and O–H groups in total. The molecule has 3 aromatic carbocycles.